The SMILES string of the molecule is Cc1cccc2cccc(-c3cnc4c(N5CC6CCC(C5)N6)nc(OCC5(CN(C)C)CC5c5ccc(C)c6c(-c7ccc8c(N9CC%10CCC(C9)N%10)nc(OCC9(CN(C)C)CC9c9ccc(C)c%10c(-c%11ncc%12c(N%13CC%14CCC(C%13)N%14)nc(OCC%13(CN(C)C)CC%13)nc%12n%11)cccc9%10)nc8n7)cccc56)nc4c3)c12. The molecule has 22 heteroatoms. The highest BCUT2D eigenvalue weighted by atomic mass is 16.5. The molecule has 3 saturated carbocycles. The van der Waals surface area contributed by atoms with Gasteiger partial charge in [-0.15, -0.1) is 0 Å². The Morgan fingerprint density at radius 3 is 1.47 bits per heavy atom. The fraction of sp³-hybridized carbons (Fsp3) is 0.457. The zero-order chi connectivity index (χ0) is 77.0. The molecule has 0 radical (unpaired) electrons. The summed E-state index contributed by atoms with van der Waals surface area (Å²) in [5.74, 6) is 3.62. The number of nitrogens with one attached hydrogen (secondary N) is 3. The summed E-state index contributed by atoms with van der Waals surface area (Å²) in [6.07, 6.45) is 15.1. The second-order valence-corrected chi connectivity index (χ2v) is 36.4. The van der Waals surface area contributed by atoms with Crippen molar-refractivity contribution in [1.82, 2.24) is 80.5 Å². The Hall–Kier alpha value is -9.94. The van der Waals surface area contributed by atoms with E-state index in [0.717, 1.165) is 183 Å². The third-order valence-corrected chi connectivity index (χ3v) is 27.0. The van der Waals surface area contributed by atoms with Crippen LogP contribution in [0.2, 0.25) is 0 Å². The third kappa shape index (κ3) is 13.1. The molecule has 3 N–H and O–H groups in total. The Kier molecular flexibility index (Phi) is 17.6. The van der Waals surface area contributed by atoms with E-state index >= 15 is 0 Å². The number of benzene rings is 6. The number of aryl methyl sites for hydroxylation is 3. The Bertz CT molecular complexity index is 5790. The third-order valence-electron chi connectivity index (χ3n) is 27.0. The Morgan fingerprint density at radius 1 is 0.421 bits per heavy atom. The van der Waals surface area contributed by atoms with Crippen molar-refractivity contribution < 1.29 is 14.2 Å². The van der Waals surface area contributed by atoms with Gasteiger partial charge in [-0.3, -0.25) is 4.98 Å². The van der Waals surface area contributed by atoms with Crippen LogP contribution in [0.3, 0.4) is 0 Å². The summed E-state index contributed by atoms with van der Waals surface area (Å²) >= 11 is 0. The maximum Gasteiger partial charge on any atom is 0.320 e. The molecular weight excluding hydrogens is 1420 g/mol. The topological polar surface area (TPSA) is 212 Å². The van der Waals surface area contributed by atoms with Crippen molar-refractivity contribution in [2.75, 3.05) is 136 Å². The highest BCUT2D eigenvalue weighted by Gasteiger charge is 2.58. The summed E-state index contributed by atoms with van der Waals surface area (Å²) in [7, 11) is 13.0. The molecule has 6 aromatic carbocycles. The largest absolute Gasteiger partial charge is 0.463 e. The minimum absolute atomic E-state index is 0.119. The molecule has 3 aliphatic carbocycles. The lowest BCUT2D eigenvalue weighted by Gasteiger charge is -2.34. The van der Waals surface area contributed by atoms with Gasteiger partial charge in [-0.2, -0.15) is 29.9 Å². The van der Waals surface area contributed by atoms with Crippen LogP contribution in [0, 0.1) is 37.0 Å². The molecule has 9 fully saturated rings. The number of aromatic nitrogens is 10. The molecule has 21 rings (SSSR count). The number of rotatable bonds is 23. The first-order valence-electron chi connectivity index (χ1n) is 41.7. The van der Waals surface area contributed by atoms with Gasteiger partial charge < -0.3 is 59.6 Å². The second kappa shape index (κ2) is 27.9. The standard InChI is InChI=1S/C92H103N19O3/c1-53-14-10-15-56-16-11-17-64(77(53)56)57-36-76-80(93-39-57)86(111-45-62-28-29-63(46-111)97-62)105-87(99-76)113-51-91(48-107(6)7)37-73(91)65-30-22-54(2)78-67(65)18-12-20-69(78)75-33-32-71-82(98-75)101-89(103-84(71)109-41-58-24-25-59(42-109)95-58)114-52-92(49-108(8)9)38-74(92)66-31-23-55(3)79-68(66)19-13-21-70(79)81-94-40-72-83(100-81)102-88(112-50-90(34-35-90)47-106(4)5)104-85(72)110-43-60-26-27-61(44-110)96-60/h10-23,30-33,36,39-40,58-63,73-74,95-97H,24-29,34-35,37-38,41-52H2,1-9H3. The number of nitrogens with zero attached hydrogens (tertiary/aromatic N) is 16. The first-order chi connectivity index (χ1) is 55.4. The smallest absolute Gasteiger partial charge is 0.320 e. The van der Waals surface area contributed by atoms with Crippen LogP contribution >= 0.6 is 0 Å². The number of hydrogen-bond acceptors (Lipinski definition) is 22. The van der Waals surface area contributed by atoms with E-state index in [-0.39, 0.29) is 28.1 Å². The maximum atomic E-state index is 7.17. The second-order valence-electron chi connectivity index (χ2n) is 36.4. The molecule has 0 amide bonds. The highest BCUT2D eigenvalue weighted by molar-refractivity contribution is 6.04. The van der Waals surface area contributed by atoms with Gasteiger partial charge in [-0.1, -0.05) is 97.1 Å². The van der Waals surface area contributed by atoms with Gasteiger partial charge >= 0.3 is 18.0 Å². The number of pyridine rings is 2. The number of anilines is 3. The van der Waals surface area contributed by atoms with E-state index in [9.17, 15) is 0 Å². The molecule has 6 bridgehead atoms. The summed E-state index contributed by atoms with van der Waals surface area (Å²) in [6, 6.07) is 45.9. The minimum atomic E-state index is -0.239. The van der Waals surface area contributed by atoms with Crippen molar-refractivity contribution >= 4 is 82.9 Å². The molecular formula is C92H103N19O3. The van der Waals surface area contributed by atoms with Gasteiger partial charge in [-0.25, -0.2) is 15.0 Å². The molecule has 6 aromatic heterocycles. The van der Waals surface area contributed by atoms with Crippen molar-refractivity contribution in [1.29, 1.82) is 0 Å². The van der Waals surface area contributed by atoms with E-state index in [2.05, 4.69) is 224 Å². The van der Waals surface area contributed by atoms with Crippen LogP contribution < -0.4 is 44.9 Å². The number of fused-ring (bicyclic) bond motifs is 12. The van der Waals surface area contributed by atoms with Crippen LogP contribution in [-0.2, 0) is 0 Å². The molecule has 12 aromatic rings. The van der Waals surface area contributed by atoms with Crippen molar-refractivity contribution in [2.24, 2.45) is 16.2 Å². The minimum Gasteiger partial charge on any atom is -0.463 e. The van der Waals surface area contributed by atoms with E-state index in [0.29, 0.717) is 91.2 Å². The summed E-state index contributed by atoms with van der Waals surface area (Å²) < 4.78 is 20.8. The summed E-state index contributed by atoms with van der Waals surface area (Å²) in [5.41, 5.74) is 13.8. The van der Waals surface area contributed by atoms with E-state index in [4.69, 9.17) is 64.1 Å². The van der Waals surface area contributed by atoms with E-state index < -0.39 is 0 Å². The summed E-state index contributed by atoms with van der Waals surface area (Å²) in [5, 5.41) is 20.5. The normalized spacial score (nSPS) is 25.3. The lowest BCUT2D eigenvalue weighted by molar-refractivity contribution is 0.178. The summed E-state index contributed by atoms with van der Waals surface area (Å²) in [6.45, 7) is 15.9. The summed E-state index contributed by atoms with van der Waals surface area (Å²) in [4.78, 5) is 67.2. The van der Waals surface area contributed by atoms with Crippen molar-refractivity contribution in [3.05, 3.63) is 155 Å². The van der Waals surface area contributed by atoms with Crippen molar-refractivity contribution in [3.63, 3.8) is 0 Å². The Labute approximate surface area is 666 Å². The molecule has 114 heavy (non-hydrogen) atoms. The van der Waals surface area contributed by atoms with Crippen molar-refractivity contribution in [2.45, 2.75) is 133 Å². The quantitative estimate of drug-likeness (QED) is 0.0543. The predicted octanol–water partition coefficient (Wildman–Crippen LogP) is 13.3. The highest BCUT2D eigenvalue weighted by Crippen LogP contribution is 2.63. The van der Waals surface area contributed by atoms with E-state index in [1.807, 2.05) is 12.4 Å². The van der Waals surface area contributed by atoms with Crippen LogP contribution in [0.15, 0.2) is 128 Å². The van der Waals surface area contributed by atoms with Crippen LogP contribution in [0.4, 0.5) is 17.5 Å². The molecule has 22 nitrogen and oxygen atoms in total. The van der Waals surface area contributed by atoms with E-state index in [1.165, 1.54) is 67.6 Å². The van der Waals surface area contributed by atoms with Gasteiger partial charge in [0, 0.05) is 140 Å². The number of piperazine rings is 3. The van der Waals surface area contributed by atoms with Gasteiger partial charge in [0.05, 0.1) is 41.8 Å². The average molecular weight is 1520 g/mol. The molecule has 6 saturated heterocycles. The molecule has 0 spiro atoms. The maximum absolute atomic E-state index is 7.17. The zero-order valence-electron chi connectivity index (χ0n) is 67.2. The number of ether oxygens (including phenoxy) is 3. The van der Waals surface area contributed by atoms with Gasteiger partial charge in [0.25, 0.3) is 0 Å². The Morgan fingerprint density at radius 2 is 0.904 bits per heavy atom. The first-order valence-corrected chi connectivity index (χ1v) is 41.7. The van der Waals surface area contributed by atoms with Crippen LogP contribution in [0.25, 0.3) is 99.2 Å². The van der Waals surface area contributed by atoms with Gasteiger partial charge in [0.2, 0.25) is 0 Å². The molecule has 12 heterocycles. The molecule has 584 valence electrons. The Balaban J connectivity index is 0.585. The monoisotopic (exact) mass is 1520 g/mol. The lowest BCUT2D eigenvalue weighted by atomic mass is 9.90. The predicted molar refractivity (Wildman–Crippen MR) is 453 cm³/mol. The van der Waals surface area contributed by atoms with Gasteiger partial charge in [-0.05, 0) is 223 Å². The molecule has 9 aliphatic rings. The van der Waals surface area contributed by atoms with Gasteiger partial charge in [0.15, 0.2) is 22.9 Å². The molecule has 6 aliphatic heterocycles. The molecule has 10 atom stereocenters. The lowest BCUT2D eigenvalue weighted by Crippen LogP contribution is -2.51. The fourth-order valence-corrected chi connectivity index (χ4v) is 21.5. The van der Waals surface area contributed by atoms with Crippen LogP contribution in [0.5, 0.6) is 18.0 Å². The first kappa shape index (κ1) is 71.8. The number of hydrogen-bond donors (Lipinski definition) is 3. The zero-order valence-corrected chi connectivity index (χ0v) is 67.2. The fourth-order valence-electron chi connectivity index (χ4n) is 21.5. The van der Waals surface area contributed by atoms with E-state index in [1.54, 1.807) is 0 Å². The van der Waals surface area contributed by atoms with Crippen LogP contribution in [0.1, 0.15) is 104 Å². The van der Waals surface area contributed by atoms with Crippen LogP contribution in [-0.4, -0.2) is 222 Å². The average Bonchev–Trinajstić information content (AvgIpc) is 1.52. The van der Waals surface area contributed by atoms with Gasteiger partial charge in [0.1, 0.15) is 17.2 Å². The molecule has 10 unspecified atom stereocenters. The van der Waals surface area contributed by atoms with Crippen molar-refractivity contribution in [3.8, 4) is 51.8 Å².